The Balaban J connectivity index is 0.755. The zero-order valence-corrected chi connectivity index (χ0v) is 43.5. The molecule has 73 heavy (non-hydrogen) atoms. The van der Waals surface area contributed by atoms with Crippen molar-refractivity contribution >= 4 is 70.3 Å². The highest BCUT2D eigenvalue weighted by molar-refractivity contribution is 8.00. The molecule has 2 aliphatic rings. The number of fused-ring (bicyclic) bond motifs is 1. The summed E-state index contributed by atoms with van der Waals surface area (Å²) in [6.45, 7) is 7.81. The molecule has 2 aliphatic heterocycles. The van der Waals surface area contributed by atoms with Crippen LogP contribution in [0.15, 0.2) is 66.9 Å². The number of amides is 6. The van der Waals surface area contributed by atoms with E-state index < -0.39 is 5.82 Å². The SMILES string of the molecule is Cc1cccc(Nc2nc(Nc3cccc(NC(=O)C=CCN(C)CCCCNC(=O)CCCC(=O)NCCCOCCOCCOCCCNC(=O)CCCCC4SCC5NC(=O)N(C)C54)c3)ncc2F)c1. The van der Waals surface area contributed by atoms with E-state index >= 15 is 0 Å². The quantitative estimate of drug-likeness (QED) is 0.0200. The molecule has 0 radical (unpaired) electrons. The van der Waals surface area contributed by atoms with Gasteiger partial charge in [-0.3, -0.25) is 19.2 Å². The third-order valence-corrected chi connectivity index (χ3v) is 13.5. The van der Waals surface area contributed by atoms with Gasteiger partial charge in [-0.1, -0.05) is 30.7 Å². The van der Waals surface area contributed by atoms with Crippen LogP contribution in [0.1, 0.15) is 76.2 Å². The minimum Gasteiger partial charge on any atom is -0.379 e. The molecule has 3 heterocycles. The van der Waals surface area contributed by atoms with Gasteiger partial charge >= 0.3 is 6.03 Å². The average Bonchev–Trinajstić information content (AvgIpc) is 3.89. The van der Waals surface area contributed by atoms with Gasteiger partial charge in [0.15, 0.2) is 11.6 Å². The number of nitrogens with zero attached hydrogens (tertiary/aromatic N) is 4. The lowest BCUT2D eigenvalue weighted by Crippen LogP contribution is -2.38. The van der Waals surface area contributed by atoms with E-state index in [1.165, 1.54) is 6.08 Å². The summed E-state index contributed by atoms with van der Waals surface area (Å²) in [5.74, 6) is 0.223. The van der Waals surface area contributed by atoms with Crippen molar-refractivity contribution in [3.63, 3.8) is 0 Å². The molecule has 2 aromatic carbocycles. The first-order valence-corrected chi connectivity index (χ1v) is 26.6. The highest BCUT2D eigenvalue weighted by atomic mass is 32.2. The molecule has 0 saturated carbocycles. The lowest BCUT2D eigenvalue weighted by Gasteiger charge is -2.23. The van der Waals surface area contributed by atoms with Crippen LogP contribution < -0.4 is 37.2 Å². The Morgan fingerprint density at radius 2 is 1.41 bits per heavy atom. The van der Waals surface area contributed by atoms with Crippen molar-refractivity contribution in [2.75, 3.05) is 108 Å². The largest absolute Gasteiger partial charge is 0.379 e. The number of hydrogen-bond donors (Lipinski definition) is 7. The fourth-order valence-corrected chi connectivity index (χ4v) is 9.80. The minimum atomic E-state index is -0.587. The van der Waals surface area contributed by atoms with Crippen LogP contribution in [0, 0.1) is 12.7 Å². The Kier molecular flexibility index (Phi) is 26.3. The van der Waals surface area contributed by atoms with E-state index in [1.807, 2.05) is 61.9 Å². The zero-order chi connectivity index (χ0) is 52.0. The predicted molar refractivity (Wildman–Crippen MR) is 284 cm³/mol. The summed E-state index contributed by atoms with van der Waals surface area (Å²) in [6, 6.07) is 15.1. The number of thioether (sulfide) groups is 1. The van der Waals surface area contributed by atoms with Gasteiger partial charge < -0.3 is 61.2 Å². The second-order valence-corrected chi connectivity index (χ2v) is 19.4. The molecule has 2 saturated heterocycles. The van der Waals surface area contributed by atoms with Gasteiger partial charge in [0.25, 0.3) is 0 Å². The molecule has 7 N–H and O–H groups in total. The van der Waals surface area contributed by atoms with Gasteiger partial charge in [-0.2, -0.15) is 16.7 Å². The van der Waals surface area contributed by atoms with Gasteiger partial charge in [0.05, 0.1) is 44.7 Å². The lowest BCUT2D eigenvalue weighted by atomic mass is 10.0. The molecule has 21 heteroatoms. The first-order valence-electron chi connectivity index (χ1n) is 25.5. The van der Waals surface area contributed by atoms with E-state index in [9.17, 15) is 28.4 Å². The summed E-state index contributed by atoms with van der Waals surface area (Å²) >= 11 is 1.92. The number of hydrogen-bond acceptors (Lipinski definition) is 14. The van der Waals surface area contributed by atoms with E-state index in [0.717, 1.165) is 62.6 Å². The third-order valence-electron chi connectivity index (χ3n) is 12.0. The summed E-state index contributed by atoms with van der Waals surface area (Å²) in [5.41, 5.74) is 2.91. The summed E-state index contributed by atoms with van der Waals surface area (Å²) in [6.07, 6.45) is 11.8. The number of aromatic nitrogens is 2. The normalized spacial score (nSPS) is 16.1. The molecule has 2 fully saturated rings. The van der Waals surface area contributed by atoms with Crippen molar-refractivity contribution in [2.45, 2.75) is 94.9 Å². The smallest absolute Gasteiger partial charge is 0.317 e. The standard InChI is InChI=1S/C52H76FN11O8S/c1-38-14-8-15-39(34-38)59-50-42(53)36-57-51(62-50)60-41-17-9-16-40(35-41)58-48(68)22-11-27-63(2)26-7-6-23-54-46(66)20-10-21-47(67)56-25-13-29-71-31-33-72-32-30-70-28-12-24-55-45(65)19-5-4-18-44-49-43(37-73-44)61-52(69)64(49)3/h8-9,11,14-17,22,34-36,43-44,49H,4-7,10,12-13,18-21,23-33,37H2,1-3H3,(H,54,66)(H,55,65)(H,56,67)(H,58,68)(H,61,69)(H2,57,59,60,62). The number of nitrogens with one attached hydrogen (secondary N) is 7. The molecule has 3 unspecified atom stereocenters. The number of halogens is 1. The van der Waals surface area contributed by atoms with Crippen molar-refractivity contribution in [3.8, 4) is 0 Å². The van der Waals surface area contributed by atoms with Crippen molar-refractivity contribution in [2.24, 2.45) is 0 Å². The zero-order valence-electron chi connectivity index (χ0n) is 42.7. The molecule has 400 valence electrons. The van der Waals surface area contributed by atoms with E-state index in [1.54, 1.807) is 30.3 Å². The number of urea groups is 1. The lowest BCUT2D eigenvalue weighted by molar-refractivity contribution is -0.123. The van der Waals surface area contributed by atoms with Gasteiger partial charge in [0.1, 0.15) is 0 Å². The topological polar surface area (TPSA) is 230 Å². The summed E-state index contributed by atoms with van der Waals surface area (Å²) < 4.78 is 31.2. The fourth-order valence-electron chi connectivity index (χ4n) is 8.16. The Hall–Kier alpha value is -5.87. The Morgan fingerprint density at radius 3 is 2.10 bits per heavy atom. The number of likely N-dealkylation sites (N-methyl/N-ethyl adjacent to an activating group) is 2. The number of ether oxygens (including phenoxy) is 3. The summed E-state index contributed by atoms with van der Waals surface area (Å²) in [4.78, 5) is 73.4. The van der Waals surface area contributed by atoms with E-state index in [-0.39, 0.29) is 66.4 Å². The monoisotopic (exact) mass is 1030 g/mol. The number of carbonyl (C=O) groups is 5. The van der Waals surface area contributed by atoms with Crippen molar-refractivity contribution in [1.82, 2.24) is 41.0 Å². The molecule has 1 aromatic heterocycles. The maximum atomic E-state index is 14.5. The first-order chi connectivity index (χ1) is 35.4. The molecule has 0 bridgehead atoms. The van der Waals surface area contributed by atoms with Gasteiger partial charge in [-0.15, -0.1) is 0 Å². The molecule has 3 aromatic rings. The van der Waals surface area contributed by atoms with Crippen LogP contribution in [0.4, 0.5) is 38.0 Å². The van der Waals surface area contributed by atoms with Gasteiger partial charge in [0, 0.05) is 99.8 Å². The molecular formula is C52H76FN11O8S. The molecular weight excluding hydrogens is 958 g/mol. The molecule has 19 nitrogen and oxygen atoms in total. The highest BCUT2D eigenvalue weighted by Crippen LogP contribution is 2.36. The van der Waals surface area contributed by atoms with Gasteiger partial charge in [-0.25, -0.2) is 14.2 Å². The fraction of sp³-hybridized carbons (Fsp3) is 0.558. The summed E-state index contributed by atoms with van der Waals surface area (Å²) in [7, 11) is 3.83. The van der Waals surface area contributed by atoms with E-state index in [4.69, 9.17) is 14.2 Å². The van der Waals surface area contributed by atoms with Crippen molar-refractivity contribution in [3.05, 3.63) is 78.3 Å². The van der Waals surface area contributed by atoms with E-state index in [0.29, 0.717) is 107 Å². The van der Waals surface area contributed by atoms with Crippen LogP contribution in [-0.4, -0.2) is 159 Å². The average molecular weight is 1030 g/mol. The number of rotatable bonds is 36. The Bertz CT molecular complexity index is 2230. The number of anilines is 5. The van der Waals surface area contributed by atoms with Crippen molar-refractivity contribution < 1.29 is 42.6 Å². The van der Waals surface area contributed by atoms with Crippen LogP contribution in [-0.2, 0) is 33.4 Å². The van der Waals surface area contributed by atoms with Crippen molar-refractivity contribution in [1.29, 1.82) is 0 Å². The maximum Gasteiger partial charge on any atom is 0.317 e. The molecule has 0 aliphatic carbocycles. The van der Waals surface area contributed by atoms with Crippen LogP contribution in [0.2, 0.25) is 0 Å². The molecule has 6 amide bonds. The van der Waals surface area contributed by atoms with Crippen LogP contribution in [0.5, 0.6) is 0 Å². The van der Waals surface area contributed by atoms with E-state index in [2.05, 4.69) is 52.1 Å². The number of benzene rings is 2. The van der Waals surface area contributed by atoms with Crippen LogP contribution in [0.3, 0.4) is 0 Å². The van der Waals surface area contributed by atoms with Gasteiger partial charge in [-0.05, 0) is 101 Å². The second-order valence-electron chi connectivity index (χ2n) is 18.2. The second kappa shape index (κ2) is 33.0. The Morgan fingerprint density at radius 1 is 0.795 bits per heavy atom. The minimum absolute atomic E-state index is 0.0198. The number of carbonyl (C=O) groups excluding carboxylic acids is 5. The predicted octanol–water partition coefficient (Wildman–Crippen LogP) is 6.03. The van der Waals surface area contributed by atoms with Gasteiger partial charge in [0.2, 0.25) is 29.6 Å². The van der Waals surface area contributed by atoms with Crippen LogP contribution in [0.25, 0.3) is 0 Å². The number of aryl methyl sites for hydroxylation is 1. The molecule has 0 spiro atoms. The molecule has 5 rings (SSSR count). The number of unbranched alkanes of at least 4 members (excludes halogenated alkanes) is 2. The summed E-state index contributed by atoms with van der Waals surface area (Å²) in [5, 5.41) is 21.1. The third kappa shape index (κ3) is 22.8. The highest BCUT2D eigenvalue weighted by Gasteiger charge is 2.46. The maximum absolute atomic E-state index is 14.5. The molecule has 3 atom stereocenters. The first kappa shape index (κ1) is 58.0. The Labute approximate surface area is 433 Å². The van der Waals surface area contributed by atoms with Crippen LogP contribution >= 0.6 is 11.8 Å².